The summed E-state index contributed by atoms with van der Waals surface area (Å²) in [6.45, 7) is 2.25. The van der Waals surface area contributed by atoms with Gasteiger partial charge in [0.1, 0.15) is 0 Å². The van der Waals surface area contributed by atoms with Gasteiger partial charge in [-0.1, -0.05) is 0 Å². The molecule has 0 spiro atoms. The topological polar surface area (TPSA) is 85.0 Å². The number of hydrogen-bond donors (Lipinski definition) is 1. The Bertz CT molecular complexity index is 623. The minimum absolute atomic E-state index is 0.144. The SMILES string of the molecule is O=C1c2ccc([N+](=O)[O-])cc2C(=O)N1C[NH+]1CCCCC1. The molecule has 1 aromatic rings. The van der Waals surface area contributed by atoms with Gasteiger partial charge in [-0.2, -0.15) is 0 Å². The molecule has 7 heteroatoms. The van der Waals surface area contributed by atoms with Crippen molar-refractivity contribution in [3.63, 3.8) is 0 Å². The number of likely N-dealkylation sites (tertiary alicyclic amines) is 1. The van der Waals surface area contributed by atoms with Gasteiger partial charge in [0.15, 0.2) is 6.67 Å². The van der Waals surface area contributed by atoms with Crippen LogP contribution in [0.4, 0.5) is 5.69 Å². The summed E-state index contributed by atoms with van der Waals surface area (Å²) < 4.78 is 0. The molecule has 0 saturated carbocycles. The molecular formula is C14H16N3O4+. The predicted molar refractivity (Wildman–Crippen MR) is 73.0 cm³/mol. The van der Waals surface area contributed by atoms with Crippen molar-refractivity contribution in [3.8, 4) is 0 Å². The molecule has 2 aliphatic heterocycles. The van der Waals surface area contributed by atoms with Gasteiger partial charge in [0.05, 0.1) is 29.1 Å². The maximum Gasteiger partial charge on any atom is 0.270 e. The monoisotopic (exact) mass is 290 g/mol. The van der Waals surface area contributed by atoms with E-state index in [9.17, 15) is 19.7 Å². The smallest absolute Gasteiger partial charge is 0.270 e. The number of piperidine rings is 1. The second-order valence-corrected chi connectivity index (χ2v) is 5.49. The van der Waals surface area contributed by atoms with Gasteiger partial charge in [-0.3, -0.25) is 19.7 Å². The average Bonchev–Trinajstić information content (AvgIpc) is 2.73. The number of nitrogens with one attached hydrogen (secondary N) is 1. The van der Waals surface area contributed by atoms with Crippen LogP contribution in [0.1, 0.15) is 40.0 Å². The van der Waals surface area contributed by atoms with Gasteiger partial charge in [0.2, 0.25) is 0 Å². The number of nitro benzene ring substituents is 1. The van der Waals surface area contributed by atoms with Gasteiger partial charge >= 0.3 is 0 Å². The van der Waals surface area contributed by atoms with Crippen molar-refractivity contribution in [2.24, 2.45) is 0 Å². The molecule has 110 valence electrons. The normalized spacial score (nSPS) is 19.0. The number of carbonyl (C=O) groups is 2. The van der Waals surface area contributed by atoms with Crippen molar-refractivity contribution < 1.29 is 19.4 Å². The zero-order valence-corrected chi connectivity index (χ0v) is 11.5. The lowest BCUT2D eigenvalue weighted by Crippen LogP contribution is -3.14. The maximum absolute atomic E-state index is 12.3. The number of hydrogen-bond acceptors (Lipinski definition) is 4. The lowest BCUT2D eigenvalue weighted by atomic mass is 10.1. The van der Waals surface area contributed by atoms with E-state index in [0.717, 1.165) is 25.9 Å². The van der Waals surface area contributed by atoms with E-state index in [-0.39, 0.29) is 22.7 Å². The molecule has 0 unspecified atom stereocenters. The zero-order chi connectivity index (χ0) is 15.0. The first-order valence-corrected chi connectivity index (χ1v) is 7.06. The van der Waals surface area contributed by atoms with Gasteiger partial charge in [-0.05, 0) is 25.3 Å². The number of non-ortho nitro benzene ring substituents is 1. The van der Waals surface area contributed by atoms with E-state index >= 15 is 0 Å². The predicted octanol–water partition coefficient (Wildman–Crippen LogP) is 0.217. The third-order valence-corrected chi connectivity index (χ3v) is 4.11. The van der Waals surface area contributed by atoms with Gasteiger partial charge in [-0.25, -0.2) is 4.90 Å². The molecule has 0 atom stereocenters. The number of nitrogens with zero attached hydrogens (tertiary/aromatic N) is 2. The summed E-state index contributed by atoms with van der Waals surface area (Å²) >= 11 is 0. The third kappa shape index (κ3) is 2.40. The van der Waals surface area contributed by atoms with Gasteiger partial charge in [0, 0.05) is 12.1 Å². The fraction of sp³-hybridized carbons (Fsp3) is 0.429. The van der Waals surface area contributed by atoms with E-state index in [1.54, 1.807) is 0 Å². The van der Waals surface area contributed by atoms with Crippen molar-refractivity contribution in [1.29, 1.82) is 0 Å². The summed E-state index contributed by atoms with van der Waals surface area (Å²) in [5.74, 6) is -0.764. The van der Waals surface area contributed by atoms with E-state index in [4.69, 9.17) is 0 Å². The summed E-state index contributed by atoms with van der Waals surface area (Å²) in [5, 5.41) is 10.8. The summed E-state index contributed by atoms with van der Waals surface area (Å²) in [4.78, 5) is 37.3. The summed E-state index contributed by atoms with van der Waals surface area (Å²) in [6.07, 6.45) is 3.39. The molecule has 1 N–H and O–H groups in total. The highest BCUT2D eigenvalue weighted by atomic mass is 16.6. The van der Waals surface area contributed by atoms with Crippen molar-refractivity contribution in [3.05, 3.63) is 39.4 Å². The van der Waals surface area contributed by atoms with Crippen LogP contribution in [0.5, 0.6) is 0 Å². The fourth-order valence-electron chi connectivity index (χ4n) is 2.97. The molecule has 21 heavy (non-hydrogen) atoms. The van der Waals surface area contributed by atoms with E-state index in [1.165, 1.54) is 34.4 Å². The van der Waals surface area contributed by atoms with Crippen LogP contribution in [0.2, 0.25) is 0 Å². The lowest BCUT2D eigenvalue weighted by Gasteiger charge is -2.26. The molecule has 3 rings (SSSR count). The van der Waals surface area contributed by atoms with Gasteiger partial charge < -0.3 is 4.90 Å². The summed E-state index contributed by atoms with van der Waals surface area (Å²) in [5.41, 5.74) is 0.245. The van der Waals surface area contributed by atoms with Crippen LogP contribution in [0, 0.1) is 10.1 Å². The number of quaternary nitrogens is 1. The standard InChI is InChI=1S/C14H15N3O4/c18-13-11-5-4-10(17(20)21)8-12(11)14(19)16(13)9-15-6-2-1-3-7-15/h4-5,8H,1-3,6-7,9H2/p+1. The molecule has 2 amide bonds. The Labute approximate surface area is 121 Å². The minimum atomic E-state index is -0.559. The Kier molecular flexibility index (Phi) is 3.42. The molecule has 1 saturated heterocycles. The zero-order valence-electron chi connectivity index (χ0n) is 11.5. The highest BCUT2D eigenvalue weighted by Crippen LogP contribution is 2.26. The summed E-state index contributed by atoms with van der Waals surface area (Å²) in [7, 11) is 0. The molecule has 0 aliphatic carbocycles. The number of benzene rings is 1. The molecule has 7 nitrogen and oxygen atoms in total. The largest absolute Gasteiger partial charge is 0.317 e. The van der Waals surface area contributed by atoms with E-state index in [0.29, 0.717) is 6.67 Å². The second kappa shape index (κ2) is 5.25. The number of fused-ring (bicyclic) bond motifs is 1. The Balaban J connectivity index is 1.84. The molecule has 0 bridgehead atoms. The van der Waals surface area contributed by atoms with Crippen LogP contribution < -0.4 is 4.90 Å². The van der Waals surface area contributed by atoms with Crippen LogP contribution in [-0.2, 0) is 0 Å². The van der Waals surface area contributed by atoms with E-state index in [2.05, 4.69) is 0 Å². The van der Waals surface area contributed by atoms with Crippen LogP contribution in [0.25, 0.3) is 0 Å². The Hall–Kier alpha value is -2.28. The first-order valence-electron chi connectivity index (χ1n) is 7.06. The number of imide groups is 1. The highest BCUT2D eigenvalue weighted by Gasteiger charge is 2.39. The van der Waals surface area contributed by atoms with Crippen molar-refractivity contribution in [2.45, 2.75) is 19.3 Å². The third-order valence-electron chi connectivity index (χ3n) is 4.11. The first kappa shape index (κ1) is 13.7. The van der Waals surface area contributed by atoms with Crippen LogP contribution in [-0.4, -0.2) is 41.4 Å². The molecule has 1 aromatic carbocycles. The summed E-state index contributed by atoms with van der Waals surface area (Å²) in [6, 6.07) is 3.83. The second-order valence-electron chi connectivity index (χ2n) is 5.49. The molecule has 2 heterocycles. The Morgan fingerprint density at radius 1 is 1.10 bits per heavy atom. The van der Waals surface area contributed by atoms with Crippen LogP contribution in [0.3, 0.4) is 0 Å². The van der Waals surface area contributed by atoms with Crippen LogP contribution in [0.15, 0.2) is 18.2 Å². The van der Waals surface area contributed by atoms with E-state index < -0.39 is 10.8 Å². The van der Waals surface area contributed by atoms with Crippen LogP contribution >= 0.6 is 0 Å². The quantitative estimate of drug-likeness (QED) is 0.490. The van der Waals surface area contributed by atoms with Crippen molar-refractivity contribution in [1.82, 2.24) is 4.90 Å². The molecule has 1 fully saturated rings. The molecular weight excluding hydrogens is 274 g/mol. The van der Waals surface area contributed by atoms with Gasteiger partial charge in [-0.15, -0.1) is 0 Å². The molecule has 0 radical (unpaired) electrons. The number of carbonyl (C=O) groups excluding carboxylic acids is 2. The number of rotatable bonds is 3. The first-order chi connectivity index (χ1) is 10.1. The Morgan fingerprint density at radius 2 is 1.76 bits per heavy atom. The maximum atomic E-state index is 12.3. The molecule has 2 aliphatic rings. The molecule has 0 aromatic heterocycles. The number of amides is 2. The average molecular weight is 290 g/mol. The van der Waals surface area contributed by atoms with Crippen molar-refractivity contribution in [2.75, 3.05) is 19.8 Å². The minimum Gasteiger partial charge on any atom is -0.317 e. The highest BCUT2D eigenvalue weighted by molar-refractivity contribution is 6.21. The van der Waals surface area contributed by atoms with E-state index in [1.807, 2.05) is 0 Å². The van der Waals surface area contributed by atoms with Crippen molar-refractivity contribution >= 4 is 17.5 Å². The number of nitro groups is 1. The fourth-order valence-corrected chi connectivity index (χ4v) is 2.97. The van der Waals surface area contributed by atoms with Gasteiger partial charge in [0.25, 0.3) is 17.5 Å². The Morgan fingerprint density at radius 3 is 2.43 bits per heavy atom. The lowest BCUT2D eigenvalue weighted by molar-refractivity contribution is -0.912.